The molecule has 1 unspecified atom stereocenters. The molecule has 1 aliphatic rings. The van der Waals surface area contributed by atoms with E-state index in [0.29, 0.717) is 23.2 Å². The molecule has 0 aromatic carbocycles. The van der Waals surface area contributed by atoms with E-state index in [4.69, 9.17) is 9.15 Å². The van der Waals surface area contributed by atoms with Crippen LogP contribution in [0.25, 0.3) is 11.5 Å². The number of furan rings is 1. The SMILES string of the molecule is O=C(Cn1nc(-c2ccco2)ccc1=O)Nc1nnc(C2CCCO2)s1. The molecule has 1 amide bonds. The van der Waals surface area contributed by atoms with E-state index in [1.54, 1.807) is 18.2 Å². The normalized spacial score (nSPS) is 16.7. The van der Waals surface area contributed by atoms with E-state index in [0.717, 1.165) is 22.5 Å². The Balaban J connectivity index is 1.45. The average molecular weight is 373 g/mol. The fourth-order valence-electron chi connectivity index (χ4n) is 2.60. The van der Waals surface area contributed by atoms with Crippen molar-refractivity contribution in [2.24, 2.45) is 0 Å². The van der Waals surface area contributed by atoms with Gasteiger partial charge in [0.15, 0.2) is 5.76 Å². The highest BCUT2D eigenvalue weighted by Crippen LogP contribution is 2.31. The molecule has 1 fully saturated rings. The van der Waals surface area contributed by atoms with Gasteiger partial charge in [-0.05, 0) is 31.0 Å². The van der Waals surface area contributed by atoms with Crippen LogP contribution in [0, 0.1) is 0 Å². The monoisotopic (exact) mass is 373 g/mol. The molecule has 0 aliphatic carbocycles. The molecule has 26 heavy (non-hydrogen) atoms. The molecule has 1 saturated heterocycles. The maximum absolute atomic E-state index is 12.2. The molecule has 134 valence electrons. The van der Waals surface area contributed by atoms with E-state index in [1.807, 2.05) is 0 Å². The Morgan fingerprint density at radius 3 is 3.04 bits per heavy atom. The lowest BCUT2D eigenvalue weighted by atomic mass is 10.2. The van der Waals surface area contributed by atoms with E-state index < -0.39 is 5.91 Å². The third kappa shape index (κ3) is 3.55. The number of nitrogens with zero attached hydrogens (tertiary/aromatic N) is 4. The summed E-state index contributed by atoms with van der Waals surface area (Å²) in [6.45, 7) is 0.481. The van der Waals surface area contributed by atoms with Gasteiger partial charge in [-0.15, -0.1) is 10.2 Å². The molecular weight excluding hydrogens is 358 g/mol. The van der Waals surface area contributed by atoms with Crippen LogP contribution in [0.5, 0.6) is 0 Å². The lowest BCUT2D eigenvalue weighted by Crippen LogP contribution is -2.29. The molecule has 4 rings (SSSR count). The van der Waals surface area contributed by atoms with Gasteiger partial charge in [0.2, 0.25) is 11.0 Å². The minimum Gasteiger partial charge on any atom is -0.463 e. The Hall–Kier alpha value is -2.85. The summed E-state index contributed by atoms with van der Waals surface area (Å²) in [7, 11) is 0. The zero-order valence-electron chi connectivity index (χ0n) is 13.6. The molecule has 0 bridgehead atoms. The van der Waals surface area contributed by atoms with Crippen LogP contribution in [0.2, 0.25) is 0 Å². The largest absolute Gasteiger partial charge is 0.463 e. The van der Waals surface area contributed by atoms with Gasteiger partial charge in [0.25, 0.3) is 5.56 Å². The molecule has 9 nitrogen and oxygen atoms in total. The van der Waals surface area contributed by atoms with E-state index in [2.05, 4.69) is 20.6 Å². The fourth-order valence-corrected chi connectivity index (χ4v) is 3.44. The van der Waals surface area contributed by atoms with Crippen molar-refractivity contribution >= 4 is 22.4 Å². The minimum atomic E-state index is -0.411. The van der Waals surface area contributed by atoms with Crippen molar-refractivity contribution < 1.29 is 13.9 Å². The number of hydrogen-bond acceptors (Lipinski definition) is 8. The summed E-state index contributed by atoms with van der Waals surface area (Å²) in [6.07, 6.45) is 3.36. The van der Waals surface area contributed by atoms with Crippen LogP contribution in [0.1, 0.15) is 24.0 Å². The topological polar surface area (TPSA) is 112 Å². The fraction of sp³-hybridized carbons (Fsp3) is 0.312. The van der Waals surface area contributed by atoms with Crippen LogP contribution in [0.15, 0.2) is 39.7 Å². The first-order chi connectivity index (χ1) is 12.7. The highest BCUT2D eigenvalue weighted by Gasteiger charge is 2.22. The zero-order chi connectivity index (χ0) is 17.9. The van der Waals surface area contributed by atoms with Gasteiger partial charge in [0.05, 0.1) is 6.26 Å². The number of aromatic nitrogens is 4. The second kappa shape index (κ2) is 7.18. The maximum Gasteiger partial charge on any atom is 0.267 e. The molecule has 0 saturated carbocycles. The van der Waals surface area contributed by atoms with Gasteiger partial charge in [-0.1, -0.05) is 11.3 Å². The number of carbonyl (C=O) groups excluding carboxylic acids is 1. The number of amides is 1. The summed E-state index contributed by atoms with van der Waals surface area (Å²) in [5.74, 6) is 0.107. The van der Waals surface area contributed by atoms with E-state index in [9.17, 15) is 9.59 Å². The molecule has 1 aliphatic heterocycles. The molecule has 1 N–H and O–H groups in total. The maximum atomic E-state index is 12.2. The lowest BCUT2D eigenvalue weighted by Gasteiger charge is -2.05. The van der Waals surface area contributed by atoms with Crippen LogP contribution in [0.3, 0.4) is 0 Å². The summed E-state index contributed by atoms with van der Waals surface area (Å²) >= 11 is 1.27. The first kappa shape index (κ1) is 16.6. The Morgan fingerprint density at radius 1 is 1.35 bits per heavy atom. The van der Waals surface area contributed by atoms with Crippen LogP contribution in [-0.2, 0) is 16.1 Å². The molecule has 0 radical (unpaired) electrons. The molecule has 3 aromatic heterocycles. The molecule has 3 aromatic rings. The van der Waals surface area contributed by atoms with Crippen LogP contribution >= 0.6 is 11.3 Å². The summed E-state index contributed by atoms with van der Waals surface area (Å²) in [4.78, 5) is 24.2. The summed E-state index contributed by atoms with van der Waals surface area (Å²) in [5, 5.41) is 15.9. The predicted octanol–water partition coefficient (Wildman–Crippen LogP) is 1.84. The number of rotatable bonds is 5. The van der Waals surface area contributed by atoms with Crippen molar-refractivity contribution in [1.29, 1.82) is 0 Å². The van der Waals surface area contributed by atoms with Gasteiger partial charge in [-0.25, -0.2) is 4.68 Å². The number of ether oxygens (including phenoxy) is 1. The number of nitrogens with one attached hydrogen (secondary N) is 1. The van der Waals surface area contributed by atoms with Gasteiger partial charge >= 0.3 is 0 Å². The number of carbonyl (C=O) groups is 1. The summed E-state index contributed by atoms with van der Waals surface area (Å²) in [6, 6.07) is 6.35. The van der Waals surface area contributed by atoms with E-state index in [-0.39, 0.29) is 18.2 Å². The number of anilines is 1. The molecular formula is C16H15N5O4S. The quantitative estimate of drug-likeness (QED) is 0.726. The molecule has 4 heterocycles. The first-order valence-corrected chi connectivity index (χ1v) is 8.87. The van der Waals surface area contributed by atoms with Crippen molar-refractivity contribution in [2.45, 2.75) is 25.5 Å². The summed E-state index contributed by atoms with van der Waals surface area (Å²) in [5.41, 5.74) is 0.0896. The van der Waals surface area contributed by atoms with Crippen molar-refractivity contribution in [3.05, 3.63) is 45.9 Å². The average Bonchev–Trinajstić information content (AvgIpc) is 3.39. The van der Waals surface area contributed by atoms with Crippen molar-refractivity contribution in [1.82, 2.24) is 20.0 Å². The molecule has 10 heteroatoms. The smallest absolute Gasteiger partial charge is 0.267 e. The Labute approximate surface area is 151 Å². The van der Waals surface area contributed by atoms with Crippen molar-refractivity contribution in [3.8, 4) is 11.5 Å². The first-order valence-electron chi connectivity index (χ1n) is 8.06. The van der Waals surface area contributed by atoms with Crippen LogP contribution < -0.4 is 10.9 Å². The van der Waals surface area contributed by atoms with E-state index in [1.165, 1.54) is 23.7 Å². The van der Waals surface area contributed by atoms with Gasteiger partial charge in [-0.3, -0.25) is 14.9 Å². The highest BCUT2D eigenvalue weighted by atomic mass is 32.1. The zero-order valence-corrected chi connectivity index (χ0v) is 14.4. The molecule has 1 atom stereocenters. The second-order valence-corrected chi connectivity index (χ2v) is 6.70. The Kier molecular flexibility index (Phi) is 4.59. The Bertz CT molecular complexity index is 959. The van der Waals surface area contributed by atoms with Gasteiger partial charge in [0, 0.05) is 12.7 Å². The van der Waals surface area contributed by atoms with Gasteiger partial charge in [-0.2, -0.15) is 5.10 Å². The standard InChI is InChI=1S/C16H15N5O4S/c22-13(17-16-19-18-15(26-16)12-4-2-8-25-12)9-21-14(23)6-5-10(20-21)11-3-1-7-24-11/h1,3,5-7,12H,2,4,8-9H2,(H,17,19,22). The third-order valence-corrected chi connectivity index (χ3v) is 4.76. The lowest BCUT2D eigenvalue weighted by molar-refractivity contribution is -0.117. The Morgan fingerprint density at radius 2 is 2.27 bits per heavy atom. The van der Waals surface area contributed by atoms with Crippen LogP contribution in [-0.4, -0.2) is 32.5 Å². The van der Waals surface area contributed by atoms with Crippen molar-refractivity contribution in [3.63, 3.8) is 0 Å². The van der Waals surface area contributed by atoms with E-state index >= 15 is 0 Å². The van der Waals surface area contributed by atoms with Crippen LogP contribution in [0.4, 0.5) is 5.13 Å². The predicted molar refractivity (Wildman–Crippen MR) is 92.7 cm³/mol. The summed E-state index contributed by atoms with van der Waals surface area (Å²) < 4.78 is 11.9. The number of hydrogen-bond donors (Lipinski definition) is 1. The second-order valence-electron chi connectivity index (χ2n) is 5.69. The third-order valence-electron chi connectivity index (χ3n) is 3.83. The molecule has 0 spiro atoms. The van der Waals surface area contributed by atoms with Crippen molar-refractivity contribution in [2.75, 3.05) is 11.9 Å². The highest BCUT2D eigenvalue weighted by molar-refractivity contribution is 7.15. The van der Waals surface area contributed by atoms with Gasteiger partial charge in [0.1, 0.15) is 23.4 Å². The minimum absolute atomic E-state index is 0.0487. The van der Waals surface area contributed by atoms with Gasteiger partial charge < -0.3 is 9.15 Å².